The van der Waals surface area contributed by atoms with Crippen LogP contribution in [-0.4, -0.2) is 45.3 Å². The van der Waals surface area contributed by atoms with Gasteiger partial charge < -0.3 is 23.8 Å². The van der Waals surface area contributed by atoms with Gasteiger partial charge in [0.2, 0.25) is 5.91 Å². The van der Waals surface area contributed by atoms with Crippen molar-refractivity contribution in [2.45, 2.75) is 57.4 Å². The number of hydrogen-bond acceptors (Lipinski definition) is 5. The Hall–Kier alpha value is -2.89. The molecule has 184 valence electrons. The smallest absolute Gasteiger partial charge is 0.223 e. The second-order valence-corrected chi connectivity index (χ2v) is 9.26. The van der Waals surface area contributed by atoms with Crippen molar-refractivity contribution in [2.24, 2.45) is 5.92 Å². The predicted octanol–water partition coefficient (Wildman–Crippen LogP) is 5.58. The van der Waals surface area contributed by atoms with Crippen LogP contribution in [0.15, 0.2) is 36.4 Å². The molecule has 1 heterocycles. The minimum absolute atomic E-state index is 0.202. The van der Waals surface area contributed by atoms with Gasteiger partial charge in [-0.1, -0.05) is 44.2 Å². The van der Waals surface area contributed by atoms with Crippen molar-refractivity contribution < 1.29 is 23.7 Å². The van der Waals surface area contributed by atoms with Crippen molar-refractivity contribution in [3.8, 4) is 23.0 Å². The number of hydrogen-bond donors (Lipinski definition) is 0. The minimum atomic E-state index is -0.202. The van der Waals surface area contributed by atoms with E-state index in [0.717, 1.165) is 18.4 Å². The SMILES string of the molecule is COc1cc2c(cc1OC)[C@H](COc1ccccc1OC)N(C(=O)CCC1CCCCC1)CC2. The van der Waals surface area contributed by atoms with E-state index in [1.54, 1.807) is 21.3 Å². The molecule has 1 aliphatic carbocycles. The highest BCUT2D eigenvalue weighted by Gasteiger charge is 2.33. The summed E-state index contributed by atoms with van der Waals surface area (Å²) in [5.41, 5.74) is 2.23. The molecule has 2 aromatic rings. The third-order valence-electron chi connectivity index (χ3n) is 7.28. The summed E-state index contributed by atoms with van der Waals surface area (Å²) >= 11 is 0. The molecule has 0 bridgehead atoms. The molecule has 1 atom stereocenters. The monoisotopic (exact) mass is 467 g/mol. The topological polar surface area (TPSA) is 57.2 Å². The van der Waals surface area contributed by atoms with E-state index in [0.29, 0.717) is 48.5 Å². The first-order valence-corrected chi connectivity index (χ1v) is 12.4. The van der Waals surface area contributed by atoms with Crippen LogP contribution in [0.3, 0.4) is 0 Å². The van der Waals surface area contributed by atoms with Gasteiger partial charge in [-0.2, -0.15) is 0 Å². The maximum Gasteiger partial charge on any atom is 0.223 e. The predicted molar refractivity (Wildman–Crippen MR) is 132 cm³/mol. The molecule has 0 aromatic heterocycles. The van der Waals surface area contributed by atoms with E-state index in [1.807, 2.05) is 41.3 Å². The van der Waals surface area contributed by atoms with Crippen molar-refractivity contribution >= 4 is 5.91 Å². The number of methoxy groups -OCH3 is 3. The molecule has 2 aliphatic rings. The van der Waals surface area contributed by atoms with Crippen LogP contribution in [0.25, 0.3) is 0 Å². The lowest BCUT2D eigenvalue weighted by atomic mass is 9.85. The van der Waals surface area contributed by atoms with Crippen LogP contribution < -0.4 is 18.9 Å². The van der Waals surface area contributed by atoms with Gasteiger partial charge in [0.1, 0.15) is 6.61 Å². The molecule has 34 heavy (non-hydrogen) atoms. The average Bonchev–Trinajstić information content (AvgIpc) is 2.90. The van der Waals surface area contributed by atoms with E-state index >= 15 is 0 Å². The van der Waals surface area contributed by atoms with Gasteiger partial charge in [-0.25, -0.2) is 0 Å². The molecule has 1 saturated carbocycles. The van der Waals surface area contributed by atoms with Crippen molar-refractivity contribution in [1.82, 2.24) is 4.90 Å². The van der Waals surface area contributed by atoms with Gasteiger partial charge in [0.05, 0.1) is 27.4 Å². The van der Waals surface area contributed by atoms with Gasteiger partial charge in [-0.3, -0.25) is 4.79 Å². The van der Waals surface area contributed by atoms with E-state index in [9.17, 15) is 4.79 Å². The van der Waals surface area contributed by atoms with Crippen LogP contribution in [0.5, 0.6) is 23.0 Å². The van der Waals surface area contributed by atoms with Crippen molar-refractivity contribution in [3.63, 3.8) is 0 Å². The molecule has 2 aromatic carbocycles. The molecule has 0 spiro atoms. The highest BCUT2D eigenvalue weighted by atomic mass is 16.5. The highest BCUT2D eigenvalue weighted by molar-refractivity contribution is 5.77. The lowest BCUT2D eigenvalue weighted by Crippen LogP contribution is -2.42. The third-order valence-corrected chi connectivity index (χ3v) is 7.28. The first kappa shape index (κ1) is 24.2. The Kier molecular flexibility index (Phi) is 8.20. The van der Waals surface area contributed by atoms with Gasteiger partial charge in [-0.15, -0.1) is 0 Å². The van der Waals surface area contributed by atoms with Crippen LogP contribution in [0.2, 0.25) is 0 Å². The fraction of sp³-hybridized carbons (Fsp3) is 0.536. The first-order valence-electron chi connectivity index (χ1n) is 12.4. The fourth-order valence-corrected chi connectivity index (χ4v) is 5.36. The summed E-state index contributed by atoms with van der Waals surface area (Å²) in [6, 6.07) is 11.5. The number of nitrogens with zero attached hydrogens (tertiary/aromatic N) is 1. The van der Waals surface area contributed by atoms with Crippen molar-refractivity contribution in [1.29, 1.82) is 0 Å². The van der Waals surface area contributed by atoms with Gasteiger partial charge in [0, 0.05) is 13.0 Å². The summed E-state index contributed by atoms with van der Waals surface area (Å²) in [5.74, 6) is 3.62. The zero-order chi connectivity index (χ0) is 23.9. The van der Waals surface area contributed by atoms with Crippen LogP contribution >= 0.6 is 0 Å². The van der Waals surface area contributed by atoms with Gasteiger partial charge in [-0.05, 0) is 54.2 Å². The summed E-state index contributed by atoms with van der Waals surface area (Å²) in [4.78, 5) is 15.5. The zero-order valence-corrected chi connectivity index (χ0v) is 20.7. The first-order chi connectivity index (χ1) is 16.6. The lowest BCUT2D eigenvalue weighted by molar-refractivity contribution is -0.135. The van der Waals surface area contributed by atoms with E-state index < -0.39 is 0 Å². The van der Waals surface area contributed by atoms with Crippen molar-refractivity contribution in [3.05, 3.63) is 47.5 Å². The largest absolute Gasteiger partial charge is 0.493 e. The highest BCUT2D eigenvalue weighted by Crippen LogP contribution is 2.39. The number of carbonyl (C=O) groups is 1. The summed E-state index contributed by atoms with van der Waals surface area (Å²) in [7, 11) is 4.92. The Morgan fingerprint density at radius 2 is 1.59 bits per heavy atom. The molecule has 0 unspecified atom stereocenters. The molecule has 1 amide bonds. The number of rotatable bonds is 9. The lowest BCUT2D eigenvalue weighted by Gasteiger charge is -2.38. The molecular weight excluding hydrogens is 430 g/mol. The number of benzene rings is 2. The van der Waals surface area contributed by atoms with Crippen LogP contribution in [0.4, 0.5) is 0 Å². The number of amides is 1. The second-order valence-electron chi connectivity index (χ2n) is 9.26. The maximum absolute atomic E-state index is 13.5. The van der Waals surface area contributed by atoms with Gasteiger partial charge in [0.15, 0.2) is 23.0 Å². The number of carbonyl (C=O) groups excluding carboxylic acids is 1. The minimum Gasteiger partial charge on any atom is -0.493 e. The normalized spacial score (nSPS) is 18.2. The Morgan fingerprint density at radius 3 is 2.29 bits per heavy atom. The number of para-hydroxylation sites is 2. The summed E-state index contributed by atoms with van der Waals surface area (Å²) in [6.45, 7) is 1.02. The molecule has 1 fully saturated rings. The molecule has 0 N–H and O–H groups in total. The Labute approximate surface area is 203 Å². The molecule has 6 nitrogen and oxygen atoms in total. The van der Waals surface area contributed by atoms with E-state index in [2.05, 4.69) is 0 Å². The quantitative estimate of drug-likeness (QED) is 0.482. The Bertz CT molecular complexity index is 969. The molecular formula is C28H37NO5. The van der Waals surface area contributed by atoms with Crippen molar-refractivity contribution in [2.75, 3.05) is 34.5 Å². The Morgan fingerprint density at radius 1 is 0.912 bits per heavy atom. The Balaban J connectivity index is 1.57. The summed E-state index contributed by atoms with van der Waals surface area (Å²) in [6.07, 6.45) is 8.81. The van der Waals surface area contributed by atoms with E-state index in [1.165, 1.54) is 37.7 Å². The summed E-state index contributed by atoms with van der Waals surface area (Å²) < 4.78 is 22.8. The van der Waals surface area contributed by atoms with E-state index in [4.69, 9.17) is 18.9 Å². The molecule has 0 saturated heterocycles. The molecule has 0 radical (unpaired) electrons. The fourth-order valence-electron chi connectivity index (χ4n) is 5.36. The van der Waals surface area contributed by atoms with Crippen LogP contribution in [0, 0.1) is 5.92 Å². The standard InChI is InChI=1S/C28H37NO5/c1-31-24-11-7-8-12-25(24)34-19-23-22-18-27(33-3)26(32-2)17-21(22)15-16-29(23)28(30)14-13-20-9-5-4-6-10-20/h7-8,11-12,17-18,20,23H,4-6,9-10,13-16,19H2,1-3H3/t23-/m0/s1. The van der Waals surface area contributed by atoms with Gasteiger partial charge in [0.25, 0.3) is 0 Å². The van der Waals surface area contributed by atoms with Crippen LogP contribution in [-0.2, 0) is 11.2 Å². The maximum atomic E-state index is 13.5. The number of ether oxygens (including phenoxy) is 4. The number of fused-ring (bicyclic) bond motifs is 1. The molecule has 6 heteroatoms. The molecule has 4 rings (SSSR count). The average molecular weight is 468 g/mol. The third kappa shape index (κ3) is 5.43. The zero-order valence-electron chi connectivity index (χ0n) is 20.7. The van der Waals surface area contributed by atoms with Gasteiger partial charge >= 0.3 is 0 Å². The second kappa shape index (κ2) is 11.5. The van der Waals surface area contributed by atoms with Crippen LogP contribution in [0.1, 0.15) is 62.1 Å². The summed E-state index contributed by atoms with van der Waals surface area (Å²) in [5, 5.41) is 0. The molecule has 1 aliphatic heterocycles. The van der Waals surface area contributed by atoms with E-state index in [-0.39, 0.29) is 11.9 Å².